The fourth-order valence-corrected chi connectivity index (χ4v) is 4.54. The van der Waals surface area contributed by atoms with Crippen LogP contribution in [0.1, 0.15) is 42.5 Å². The standard InChI is InChI=1S/C24H26N2/c1-2-11-21-23(25)20-16-9-10-17-22(20)26-24(21,18-12-5-3-6-13-18)19-14-7-4-8-15-19/h3-10,12-17,21,23,26H,2,11,25H2,1H3. The molecule has 4 rings (SSSR count). The minimum atomic E-state index is -0.327. The average molecular weight is 342 g/mol. The van der Waals surface area contributed by atoms with Crippen LogP contribution in [0.15, 0.2) is 84.9 Å². The molecule has 0 aromatic heterocycles. The highest BCUT2D eigenvalue weighted by molar-refractivity contribution is 5.62. The number of benzene rings is 3. The Kier molecular flexibility index (Phi) is 4.52. The van der Waals surface area contributed by atoms with Crippen LogP contribution >= 0.6 is 0 Å². The van der Waals surface area contributed by atoms with Crippen molar-refractivity contribution in [3.63, 3.8) is 0 Å². The van der Waals surface area contributed by atoms with Gasteiger partial charge in [0.25, 0.3) is 0 Å². The first-order valence-corrected chi connectivity index (χ1v) is 9.51. The first-order valence-electron chi connectivity index (χ1n) is 9.51. The van der Waals surface area contributed by atoms with Gasteiger partial charge in [0.2, 0.25) is 0 Å². The molecule has 0 fully saturated rings. The van der Waals surface area contributed by atoms with Crippen molar-refractivity contribution < 1.29 is 0 Å². The van der Waals surface area contributed by atoms with E-state index in [-0.39, 0.29) is 17.5 Å². The molecule has 2 nitrogen and oxygen atoms in total. The summed E-state index contributed by atoms with van der Waals surface area (Å²) in [7, 11) is 0. The van der Waals surface area contributed by atoms with Gasteiger partial charge in [0, 0.05) is 17.6 Å². The van der Waals surface area contributed by atoms with Crippen LogP contribution in [0.5, 0.6) is 0 Å². The van der Waals surface area contributed by atoms with E-state index >= 15 is 0 Å². The summed E-state index contributed by atoms with van der Waals surface area (Å²) in [4.78, 5) is 0. The monoisotopic (exact) mass is 342 g/mol. The Morgan fingerprint density at radius 3 is 1.92 bits per heavy atom. The molecular formula is C24H26N2. The molecule has 2 unspecified atom stereocenters. The molecule has 0 spiro atoms. The lowest BCUT2D eigenvalue weighted by atomic mass is 9.65. The summed E-state index contributed by atoms with van der Waals surface area (Å²) >= 11 is 0. The molecular weight excluding hydrogens is 316 g/mol. The fourth-order valence-electron chi connectivity index (χ4n) is 4.54. The summed E-state index contributed by atoms with van der Waals surface area (Å²) in [5, 5.41) is 3.93. The Bertz CT molecular complexity index is 818. The molecule has 1 aliphatic rings. The Morgan fingerprint density at radius 2 is 1.35 bits per heavy atom. The van der Waals surface area contributed by atoms with E-state index in [1.54, 1.807) is 0 Å². The van der Waals surface area contributed by atoms with Crippen LogP contribution in [0.2, 0.25) is 0 Å². The normalized spacial score (nSPS) is 20.8. The minimum absolute atomic E-state index is 0.00666. The van der Waals surface area contributed by atoms with Crippen LogP contribution in [0.25, 0.3) is 0 Å². The molecule has 3 aromatic rings. The van der Waals surface area contributed by atoms with Crippen molar-refractivity contribution in [3.05, 3.63) is 102 Å². The average Bonchev–Trinajstić information content (AvgIpc) is 2.71. The number of hydrogen-bond donors (Lipinski definition) is 2. The van der Waals surface area contributed by atoms with E-state index in [0.717, 1.165) is 18.5 Å². The molecule has 2 heteroatoms. The summed E-state index contributed by atoms with van der Waals surface area (Å²) in [5.74, 6) is 0.271. The van der Waals surface area contributed by atoms with Crippen LogP contribution in [0.4, 0.5) is 5.69 Å². The molecule has 132 valence electrons. The van der Waals surface area contributed by atoms with Gasteiger partial charge in [0.15, 0.2) is 0 Å². The number of nitrogens with one attached hydrogen (secondary N) is 1. The van der Waals surface area contributed by atoms with Gasteiger partial charge in [0.1, 0.15) is 0 Å². The highest BCUT2D eigenvalue weighted by Crippen LogP contribution is 2.51. The molecule has 0 saturated carbocycles. The van der Waals surface area contributed by atoms with Gasteiger partial charge in [-0.15, -0.1) is 0 Å². The minimum Gasteiger partial charge on any atom is -0.371 e. The molecule has 1 heterocycles. The van der Waals surface area contributed by atoms with Crippen molar-refractivity contribution >= 4 is 5.69 Å². The zero-order chi connectivity index (χ0) is 18.0. The topological polar surface area (TPSA) is 38.0 Å². The van der Waals surface area contributed by atoms with Crippen molar-refractivity contribution in [2.45, 2.75) is 31.3 Å². The van der Waals surface area contributed by atoms with E-state index in [4.69, 9.17) is 5.73 Å². The van der Waals surface area contributed by atoms with E-state index in [1.165, 1.54) is 16.7 Å². The lowest BCUT2D eigenvalue weighted by molar-refractivity contribution is 0.266. The molecule has 0 amide bonds. The van der Waals surface area contributed by atoms with Crippen LogP contribution in [-0.2, 0) is 5.54 Å². The number of nitrogens with two attached hydrogens (primary N) is 1. The maximum absolute atomic E-state index is 6.89. The Morgan fingerprint density at radius 1 is 0.808 bits per heavy atom. The Labute approximate surface area is 156 Å². The molecule has 1 aliphatic heterocycles. The first-order chi connectivity index (χ1) is 12.8. The molecule has 0 saturated heterocycles. The molecule has 26 heavy (non-hydrogen) atoms. The van der Waals surface area contributed by atoms with Crippen LogP contribution in [0.3, 0.4) is 0 Å². The van der Waals surface area contributed by atoms with Crippen molar-refractivity contribution in [3.8, 4) is 0 Å². The molecule has 3 aromatic carbocycles. The number of fused-ring (bicyclic) bond motifs is 1. The van der Waals surface area contributed by atoms with Gasteiger partial charge in [-0.05, 0) is 29.2 Å². The number of rotatable bonds is 4. The van der Waals surface area contributed by atoms with Gasteiger partial charge in [-0.1, -0.05) is 92.2 Å². The van der Waals surface area contributed by atoms with Crippen molar-refractivity contribution in [2.75, 3.05) is 5.32 Å². The summed E-state index contributed by atoms with van der Waals surface area (Å²) in [6.07, 6.45) is 2.16. The van der Waals surface area contributed by atoms with Crippen LogP contribution in [0, 0.1) is 5.92 Å². The van der Waals surface area contributed by atoms with E-state index < -0.39 is 0 Å². The third-order valence-electron chi connectivity index (χ3n) is 5.70. The summed E-state index contributed by atoms with van der Waals surface area (Å²) in [5.41, 5.74) is 11.5. The van der Waals surface area contributed by atoms with Crippen molar-refractivity contribution in [2.24, 2.45) is 11.7 Å². The fraction of sp³-hybridized carbons (Fsp3) is 0.250. The zero-order valence-corrected chi connectivity index (χ0v) is 15.2. The van der Waals surface area contributed by atoms with Crippen molar-refractivity contribution in [1.82, 2.24) is 0 Å². The summed E-state index contributed by atoms with van der Waals surface area (Å²) < 4.78 is 0. The van der Waals surface area contributed by atoms with Gasteiger partial charge in [-0.25, -0.2) is 0 Å². The maximum atomic E-state index is 6.89. The second-order valence-electron chi connectivity index (χ2n) is 7.17. The predicted octanol–water partition coefficient (Wildman–Crippen LogP) is 5.47. The second kappa shape index (κ2) is 6.97. The zero-order valence-electron chi connectivity index (χ0n) is 15.2. The van der Waals surface area contributed by atoms with Gasteiger partial charge < -0.3 is 11.1 Å². The second-order valence-corrected chi connectivity index (χ2v) is 7.17. The number of hydrogen-bond acceptors (Lipinski definition) is 2. The molecule has 2 atom stereocenters. The third-order valence-corrected chi connectivity index (χ3v) is 5.70. The first kappa shape index (κ1) is 16.9. The van der Waals surface area contributed by atoms with Crippen molar-refractivity contribution in [1.29, 1.82) is 0 Å². The van der Waals surface area contributed by atoms with Crippen LogP contribution < -0.4 is 11.1 Å². The number of para-hydroxylation sites is 1. The maximum Gasteiger partial charge on any atom is 0.0926 e. The highest BCUT2D eigenvalue weighted by Gasteiger charge is 2.48. The van der Waals surface area contributed by atoms with Gasteiger partial charge in [-0.2, -0.15) is 0 Å². The quantitative estimate of drug-likeness (QED) is 0.659. The summed E-state index contributed by atoms with van der Waals surface area (Å²) in [6, 6.07) is 30.0. The van der Waals surface area contributed by atoms with Gasteiger partial charge >= 0.3 is 0 Å². The molecule has 3 N–H and O–H groups in total. The van der Waals surface area contributed by atoms with Gasteiger partial charge in [0.05, 0.1) is 5.54 Å². The molecule has 0 bridgehead atoms. The largest absolute Gasteiger partial charge is 0.371 e. The lowest BCUT2D eigenvalue weighted by Gasteiger charge is -2.50. The van der Waals surface area contributed by atoms with Gasteiger partial charge in [-0.3, -0.25) is 0 Å². The van der Waals surface area contributed by atoms with E-state index in [2.05, 4.69) is 97.2 Å². The Hall–Kier alpha value is -2.58. The SMILES string of the molecule is CCCC1C(N)c2ccccc2NC1(c1ccccc1)c1ccccc1. The summed E-state index contributed by atoms with van der Waals surface area (Å²) in [6.45, 7) is 2.24. The number of anilines is 1. The predicted molar refractivity (Wildman–Crippen MR) is 109 cm³/mol. The smallest absolute Gasteiger partial charge is 0.0926 e. The molecule has 0 aliphatic carbocycles. The van der Waals surface area contributed by atoms with E-state index in [1.807, 2.05) is 0 Å². The highest BCUT2D eigenvalue weighted by atomic mass is 15.0. The van der Waals surface area contributed by atoms with Crippen LogP contribution in [-0.4, -0.2) is 0 Å². The van der Waals surface area contributed by atoms with E-state index in [9.17, 15) is 0 Å². The molecule has 0 radical (unpaired) electrons. The van der Waals surface area contributed by atoms with E-state index in [0.29, 0.717) is 0 Å². The lowest BCUT2D eigenvalue weighted by Crippen LogP contribution is -2.51. The Balaban J connectivity index is 2.00. The third kappa shape index (κ3) is 2.62.